The van der Waals surface area contributed by atoms with Crippen LogP contribution in [0.25, 0.3) is 11.1 Å². The van der Waals surface area contributed by atoms with Gasteiger partial charge in [0.2, 0.25) is 0 Å². The molecule has 2 rings (SSSR count). The lowest BCUT2D eigenvalue weighted by atomic mass is 10.0. The predicted molar refractivity (Wildman–Crippen MR) is 88.0 cm³/mol. The van der Waals surface area contributed by atoms with Crippen molar-refractivity contribution in [3.63, 3.8) is 0 Å². The smallest absolute Gasteiger partial charge is 0.00947 e. The Morgan fingerprint density at radius 3 is 1.63 bits per heavy atom. The van der Waals surface area contributed by atoms with Gasteiger partial charge in [-0.05, 0) is 47.3 Å². The largest absolute Gasteiger partial charge is 0.179 e. The maximum atomic E-state index is 4.26. The van der Waals surface area contributed by atoms with Crippen molar-refractivity contribution in [2.45, 2.75) is 32.6 Å². The van der Waals surface area contributed by atoms with Gasteiger partial charge in [-0.2, -0.15) is 12.6 Å². The van der Waals surface area contributed by atoms with Crippen molar-refractivity contribution in [2.75, 3.05) is 5.75 Å². The molecule has 0 N–H and O–H groups in total. The molecular formula is C18H22S. The van der Waals surface area contributed by atoms with Crippen LogP contribution in [-0.2, 0) is 12.8 Å². The van der Waals surface area contributed by atoms with Crippen molar-refractivity contribution in [3.8, 4) is 11.1 Å². The van der Waals surface area contributed by atoms with Gasteiger partial charge in [-0.1, -0.05) is 61.9 Å². The maximum Gasteiger partial charge on any atom is -0.00947 e. The van der Waals surface area contributed by atoms with Crippen LogP contribution >= 0.6 is 12.6 Å². The average molecular weight is 270 g/mol. The Kier molecular flexibility index (Phi) is 5.53. The SMILES string of the molecule is CCCc1ccc(-c2ccc(CCCS)cc2)cc1. The lowest BCUT2D eigenvalue weighted by molar-refractivity contribution is 0.922. The van der Waals surface area contributed by atoms with Gasteiger partial charge in [0.25, 0.3) is 0 Å². The van der Waals surface area contributed by atoms with E-state index in [4.69, 9.17) is 0 Å². The molecule has 0 aliphatic heterocycles. The zero-order valence-electron chi connectivity index (χ0n) is 11.6. The topological polar surface area (TPSA) is 0 Å². The minimum Gasteiger partial charge on any atom is -0.179 e. The molecule has 1 heteroatoms. The van der Waals surface area contributed by atoms with Gasteiger partial charge in [-0.15, -0.1) is 0 Å². The molecular weight excluding hydrogens is 248 g/mol. The summed E-state index contributed by atoms with van der Waals surface area (Å²) < 4.78 is 0. The number of thiol groups is 1. The number of aryl methyl sites for hydroxylation is 2. The molecule has 0 unspecified atom stereocenters. The van der Waals surface area contributed by atoms with Crippen LogP contribution in [0.15, 0.2) is 48.5 Å². The number of hydrogen-bond donors (Lipinski definition) is 1. The van der Waals surface area contributed by atoms with E-state index in [1.807, 2.05) is 0 Å². The summed E-state index contributed by atoms with van der Waals surface area (Å²) >= 11 is 4.26. The first-order valence-corrected chi connectivity index (χ1v) is 7.76. The fourth-order valence-electron chi connectivity index (χ4n) is 2.30. The molecule has 100 valence electrons. The Morgan fingerprint density at radius 2 is 1.21 bits per heavy atom. The van der Waals surface area contributed by atoms with Crippen molar-refractivity contribution in [2.24, 2.45) is 0 Å². The van der Waals surface area contributed by atoms with Crippen molar-refractivity contribution >= 4 is 12.6 Å². The lowest BCUT2D eigenvalue weighted by Gasteiger charge is -2.05. The summed E-state index contributed by atoms with van der Waals surface area (Å²) in [6.45, 7) is 2.22. The van der Waals surface area contributed by atoms with E-state index in [9.17, 15) is 0 Å². The Hall–Kier alpha value is -1.21. The third kappa shape index (κ3) is 4.14. The Balaban J connectivity index is 2.08. The van der Waals surface area contributed by atoms with Crippen LogP contribution in [0, 0.1) is 0 Å². The molecule has 2 aromatic rings. The van der Waals surface area contributed by atoms with Crippen LogP contribution in [0.3, 0.4) is 0 Å². The van der Waals surface area contributed by atoms with E-state index in [0.717, 1.165) is 18.6 Å². The molecule has 0 saturated carbocycles. The van der Waals surface area contributed by atoms with Gasteiger partial charge in [0.1, 0.15) is 0 Å². The van der Waals surface area contributed by atoms with E-state index in [1.54, 1.807) is 0 Å². The number of hydrogen-bond acceptors (Lipinski definition) is 1. The second kappa shape index (κ2) is 7.40. The molecule has 0 amide bonds. The number of rotatable bonds is 6. The molecule has 0 aromatic heterocycles. The minimum absolute atomic E-state index is 0.959. The molecule has 0 aliphatic rings. The van der Waals surface area contributed by atoms with Gasteiger partial charge in [0.15, 0.2) is 0 Å². The Labute approximate surface area is 122 Å². The van der Waals surface area contributed by atoms with Crippen LogP contribution < -0.4 is 0 Å². The summed E-state index contributed by atoms with van der Waals surface area (Å²) in [5.74, 6) is 0.959. The molecule has 0 saturated heterocycles. The van der Waals surface area contributed by atoms with E-state index in [0.29, 0.717) is 0 Å². The molecule has 0 aliphatic carbocycles. The standard InChI is InChI=1S/C18H22S/c1-2-4-15-6-10-17(11-7-15)18-12-8-16(9-13-18)5-3-14-19/h6-13,19H,2-5,14H2,1H3. The highest BCUT2D eigenvalue weighted by atomic mass is 32.1. The number of benzene rings is 2. The van der Waals surface area contributed by atoms with Gasteiger partial charge in [-0.3, -0.25) is 0 Å². The Bertz CT molecular complexity index is 482. The van der Waals surface area contributed by atoms with Crippen LogP contribution in [0.5, 0.6) is 0 Å². The van der Waals surface area contributed by atoms with Gasteiger partial charge < -0.3 is 0 Å². The summed E-state index contributed by atoms with van der Waals surface area (Å²) in [6.07, 6.45) is 4.65. The zero-order chi connectivity index (χ0) is 13.5. The van der Waals surface area contributed by atoms with E-state index < -0.39 is 0 Å². The molecule has 0 heterocycles. The van der Waals surface area contributed by atoms with E-state index in [-0.39, 0.29) is 0 Å². The van der Waals surface area contributed by atoms with Gasteiger partial charge in [-0.25, -0.2) is 0 Å². The van der Waals surface area contributed by atoms with Gasteiger partial charge in [0.05, 0.1) is 0 Å². The molecule has 0 atom stereocenters. The summed E-state index contributed by atoms with van der Waals surface area (Å²) in [7, 11) is 0. The summed E-state index contributed by atoms with van der Waals surface area (Å²) in [6, 6.07) is 17.9. The van der Waals surface area contributed by atoms with E-state index >= 15 is 0 Å². The van der Waals surface area contributed by atoms with Crippen LogP contribution in [0.2, 0.25) is 0 Å². The molecule has 2 aromatic carbocycles. The highest BCUT2D eigenvalue weighted by molar-refractivity contribution is 7.80. The molecule has 0 fully saturated rings. The fourth-order valence-corrected chi connectivity index (χ4v) is 2.46. The van der Waals surface area contributed by atoms with Crippen molar-refractivity contribution < 1.29 is 0 Å². The summed E-state index contributed by atoms with van der Waals surface area (Å²) in [4.78, 5) is 0. The quantitative estimate of drug-likeness (QED) is 0.688. The lowest BCUT2D eigenvalue weighted by Crippen LogP contribution is -1.87. The Morgan fingerprint density at radius 1 is 0.737 bits per heavy atom. The highest BCUT2D eigenvalue weighted by Crippen LogP contribution is 2.21. The maximum absolute atomic E-state index is 4.26. The van der Waals surface area contributed by atoms with Gasteiger partial charge >= 0.3 is 0 Å². The normalized spacial score (nSPS) is 10.6. The van der Waals surface area contributed by atoms with Crippen LogP contribution in [0.1, 0.15) is 30.9 Å². The zero-order valence-corrected chi connectivity index (χ0v) is 12.5. The van der Waals surface area contributed by atoms with Crippen molar-refractivity contribution in [3.05, 3.63) is 59.7 Å². The first-order valence-electron chi connectivity index (χ1n) is 7.12. The first kappa shape index (κ1) is 14.2. The summed E-state index contributed by atoms with van der Waals surface area (Å²) in [5, 5.41) is 0. The average Bonchev–Trinajstić information content (AvgIpc) is 2.47. The minimum atomic E-state index is 0.959. The second-order valence-electron chi connectivity index (χ2n) is 4.97. The molecule has 0 spiro atoms. The third-order valence-electron chi connectivity index (χ3n) is 3.40. The summed E-state index contributed by atoms with van der Waals surface area (Å²) in [5.41, 5.74) is 5.44. The molecule has 0 nitrogen and oxygen atoms in total. The molecule has 0 bridgehead atoms. The van der Waals surface area contributed by atoms with E-state index in [1.165, 1.54) is 35.1 Å². The van der Waals surface area contributed by atoms with Crippen LogP contribution in [-0.4, -0.2) is 5.75 Å². The first-order chi connectivity index (χ1) is 9.33. The van der Waals surface area contributed by atoms with Gasteiger partial charge in [0, 0.05) is 0 Å². The van der Waals surface area contributed by atoms with E-state index in [2.05, 4.69) is 68.1 Å². The molecule has 19 heavy (non-hydrogen) atoms. The van der Waals surface area contributed by atoms with Crippen LogP contribution in [0.4, 0.5) is 0 Å². The monoisotopic (exact) mass is 270 g/mol. The predicted octanol–water partition coefficient (Wildman–Crippen LogP) is 5.17. The van der Waals surface area contributed by atoms with Crippen molar-refractivity contribution in [1.29, 1.82) is 0 Å². The third-order valence-corrected chi connectivity index (χ3v) is 3.72. The fraction of sp³-hybridized carbons (Fsp3) is 0.333. The molecule has 0 radical (unpaired) electrons. The highest BCUT2D eigenvalue weighted by Gasteiger charge is 1.99. The second-order valence-corrected chi connectivity index (χ2v) is 5.42. The van der Waals surface area contributed by atoms with Crippen molar-refractivity contribution in [1.82, 2.24) is 0 Å².